The van der Waals surface area contributed by atoms with Crippen LogP contribution in [0.25, 0.3) is 0 Å². The summed E-state index contributed by atoms with van der Waals surface area (Å²) in [7, 11) is -3.30. The van der Waals surface area contributed by atoms with Gasteiger partial charge in [-0.15, -0.1) is 0 Å². The monoisotopic (exact) mass is 378 g/mol. The molecule has 0 spiro atoms. The fraction of sp³-hybridized carbons (Fsp3) is 0.650. The van der Waals surface area contributed by atoms with Gasteiger partial charge in [0.25, 0.3) is 5.91 Å². The second-order valence-corrected chi connectivity index (χ2v) is 9.77. The molecule has 1 amide bonds. The van der Waals surface area contributed by atoms with Crippen molar-refractivity contribution in [2.75, 3.05) is 39.0 Å². The van der Waals surface area contributed by atoms with Crippen molar-refractivity contribution >= 4 is 15.7 Å². The van der Waals surface area contributed by atoms with Crippen LogP contribution < -0.4 is 0 Å². The smallest absolute Gasteiger partial charge is 0.253 e. The molecule has 144 valence electrons. The fourth-order valence-electron chi connectivity index (χ4n) is 4.13. The Kier molecular flexibility index (Phi) is 6.35. The van der Waals surface area contributed by atoms with Crippen LogP contribution in [0.5, 0.6) is 0 Å². The maximum absolute atomic E-state index is 12.8. The van der Waals surface area contributed by atoms with E-state index in [0.717, 1.165) is 38.5 Å². The molecule has 1 saturated heterocycles. The van der Waals surface area contributed by atoms with Crippen LogP contribution in [-0.2, 0) is 9.84 Å². The minimum Gasteiger partial charge on any atom is -0.337 e. The van der Waals surface area contributed by atoms with Crippen LogP contribution in [0, 0.1) is 5.92 Å². The number of hydrogen-bond acceptors (Lipinski definition) is 4. The molecule has 1 aromatic rings. The standard InChI is InChI=1S/C20H30N2O3S/c1-26(24,25)19-10-5-9-18(15-19)20(23)22-12-6-11-21(13-14-22)16-17-7-3-2-4-8-17/h5,9-10,15,17H,2-4,6-8,11-14,16H2,1H3. The highest BCUT2D eigenvalue weighted by atomic mass is 32.2. The predicted molar refractivity (Wildman–Crippen MR) is 103 cm³/mol. The number of nitrogens with zero attached hydrogens (tertiary/aromatic N) is 2. The van der Waals surface area contributed by atoms with Gasteiger partial charge in [0.05, 0.1) is 4.90 Å². The molecular weight excluding hydrogens is 348 g/mol. The molecule has 0 atom stereocenters. The van der Waals surface area contributed by atoms with E-state index in [1.165, 1.54) is 44.4 Å². The summed E-state index contributed by atoms with van der Waals surface area (Å²) in [5, 5.41) is 0. The summed E-state index contributed by atoms with van der Waals surface area (Å²) >= 11 is 0. The van der Waals surface area contributed by atoms with Crippen LogP contribution in [0.15, 0.2) is 29.2 Å². The Bertz CT molecular complexity index is 726. The lowest BCUT2D eigenvalue weighted by atomic mass is 9.89. The van der Waals surface area contributed by atoms with Crippen molar-refractivity contribution in [2.24, 2.45) is 5.92 Å². The first-order chi connectivity index (χ1) is 12.4. The normalized spacial score (nSPS) is 20.7. The van der Waals surface area contributed by atoms with Gasteiger partial charge in [0.2, 0.25) is 0 Å². The van der Waals surface area contributed by atoms with Crippen molar-refractivity contribution in [3.05, 3.63) is 29.8 Å². The first-order valence-corrected chi connectivity index (χ1v) is 11.6. The van der Waals surface area contributed by atoms with Crippen LogP contribution >= 0.6 is 0 Å². The molecule has 0 aromatic heterocycles. The summed E-state index contributed by atoms with van der Waals surface area (Å²) in [5.74, 6) is 0.757. The van der Waals surface area contributed by atoms with E-state index in [9.17, 15) is 13.2 Å². The van der Waals surface area contributed by atoms with Gasteiger partial charge in [-0.1, -0.05) is 25.3 Å². The van der Waals surface area contributed by atoms with E-state index in [0.29, 0.717) is 12.1 Å². The second kappa shape index (κ2) is 8.53. The third kappa shape index (κ3) is 5.07. The zero-order valence-corrected chi connectivity index (χ0v) is 16.5. The van der Waals surface area contributed by atoms with E-state index < -0.39 is 9.84 Å². The first-order valence-electron chi connectivity index (χ1n) is 9.75. The van der Waals surface area contributed by atoms with Crippen LogP contribution in [0.4, 0.5) is 0 Å². The Balaban J connectivity index is 1.60. The lowest BCUT2D eigenvalue weighted by molar-refractivity contribution is 0.0759. The van der Waals surface area contributed by atoms with Gasteiger partial charge in [-0.2, -0.15) is 0 Å². The molecule has 2 aliphatic rings. The zero-order valence-electron chi connectivity index (χ0n) is 15.7. The van der Waals surface area contributed by atoms with E-state index in [1.807, 2.05) is 4.90 Å². The quantitative estimate of drug-likeness (QED) is 0.808. The molecule has 0 unspecified atom stereocenters. The molecule has 0 bridgehead atoms. The van der Waals surface area contributed by atoms with Crippen molar-refractivity contribution in [1.29, 1.82) is 0 Å². The number of benzene rings is 1. The highest BCUT2D eigenvalue weighted by Gasteiger charge is 2.23. The molecule has 5 nitrogen and oxygen atoms in total. The Labute approximate surface area is 157 Å². The van der Waals surface area contributed by atoms with E-state index >= 15 is 0 Å². The topological polar surface area (TPSA) is 57.7 Å². The highest BCUT2D eigenvalue weighted by Crippen LogP contribution is 2.25. The molecule has 3 rings (SSSR count). The summed E-state index contributed by atoms with van der Waals surface area (Å²) in [4.78, 5) is 17.4. The maximum Gasteiger partial charge on any atom is 0.253 e. The van der Waals surface area contributed by atoms with Gasteiger partial charge in [0.1, 0.15) is 0 Å². The van der Waals surface area contributed by atoms with Crippen molar-refractivity contribution in [3.63, 3.8) is 0 Å². The first kappa shape index (κ1) is 19.4. The summed E-state index contributed by atoms with van der Waals surface area (Å²) in [6, 6.07) is 6.40. The average molecular weight is 379 g/mol. The molecule has 1 heterocycles. The van der Waals surface area contributed by atoms with Crippen LogP contribution in [-0.4, -0.2) is 63.1 Å². The number of amides is 1. The fourth-order valence-corrected chi connectivity index (χ4v) is 4.80. The van der Waals surface area contributed by atoms with Gasteiger partial charge in [-0.05, 0) is 49.9 Å². The Morgan fingerprint density at radius 2 is 1.81 bits per heavy atom. The third-order valence-electron chi connectivity index (χ3n) is 5.63. The summed E-state index contributed by atoms with van der Waals surface area (Å²) < 4.78 is 23.5. The number of carbonyl (C=O) groups is 1. The number of rotatable bonds is 4. The molecule has 1 aromatic carbocycles. The third-order valence-corrected chi connectivity index (χ3v) is 6.74. The average Bonchev–Trinajstić information content (AvgIpc) is 2.87. The molecule has 6 heteroatoms. The lowest BCUT2D eigenvalue weighted by Gasteiger charge is -2.28. The van der Waals surface area contributed by atoms with Gasteiger partial charge >= 0.3 is 0 Å². The number of sulfone groups is 1. The maximum atomic E-state index is 12.8. The highest BCUT2D eigenvalue weighted by molar-refractivity contribution is 7.90. The molecule has 1 aliphatic heterocycles. The molecule has 26 heavy (non-hydrogen) atoms. The van der Waals surface area contributed by atoms with Crippen LogP contribution in [0.3, 0.4) is 0 Å². The summed E-state index contributed by atoms with van der Waals surface area (Å²) in [6.07, 6.45) is 8.94. The minimum atomic E-state index is -3.30. The second-order valence-electron chi connectivity index (χ2n) is 7.75. The molecular formula is C20H30N2O3S. The summed E-state index contributed by atoms with van der Waals surface area (Å²) in [6.45, 7) is 4.57. The Morgan fingerprint density at radius 3 is 2.54 bits per heavy atom. The van der Waals surface area contributed by atoms with Gasteiger partial charge in [0.15, 0.2) is 9.84 Å². The van der Waals surface area contributed by atoms with Gasteiger partial charge in [0, 0.05) is 38.0 Å². The van der Waals surface area contributed by atoms with Crippen molar-refractivity contribution in [1.82, 2.24) is 9.80 Å². The predicted octanol–water partition coefficient (Wildman–Crippen LogP) is 2.82. The lowest BCUT2D eigenvalue weighted by Crippen LogP contribution is -2.37. The van der Waals surface area contributed by atoms with E-state index in [-0.39, 0.29) is 10.8 Å². The zero-order chi connectivity index (χ0) is 18.6. The van der Waals surface area contributed by atoms with Crippen LogP contribution in [0.2, 0.25) is 0 Å². The number of hydrogen-bond donors (Lipinski definition) is 0. The van der Waals surface area contributed by atoms with Crippen molar-refractivity contribution in [3.8, 4) is 0 Å². The SMILES string of the molecule is CS(=O)(=O)c1cccc(C(=O)N2CCCN(CC3CCCCC3)CC2)c1. The van der Waals surface area contributed by atoms with E-state index in [1.54, 1.807) is 18.2 Å². The van der Waals surface area contributed by atoms with Crippen molar-refractivity contribution in [2.45, 2.75) is 43.4 Å². The largest absolute Gasteiger partial charge is 0.337 e. The van der Waals surface area contributed by atoms with Crippen molar-refractivity contribution < 1.29 is 13.2 Å². The molecule has 2 fully saturated rings. The molecule has 1 saturated carbocycles. The summed E-state index contributed by atoms with van der Waals surface area (Å²) in [5.41, 5.74) is 0.466. The van der Waals surface area contributed by atoms with Crippen LogP contribution in [0.1, 0.15) is 48.9 Å². The van der Waals surface area contributed by atoms with E-state index in [4.69, 9.17) is 0 Å². The molecule has 0 radical (unpaired) electrons. The Hall–Kier alpha value is -1.40. The Morgan fingerprint density at radius 1 is 1.04 bits per heavy atom. The van der Waals surface area contributed by atoms with Gasteiger partial charge in [-0.3, -0.25) is 4.79 Å². The minimum absolute atomic E-state index is 0.0602. The van der Waals surface area contributed by atoms with Gasteiger partial charge < -0.3 is 9.80 Å². The molecule has 1 aliphatic carbocycles. The van der Waals surface area contributed by atoms with Gasteiger partial charge in [-0.25, -0.2) is 8.42 Å². The number of carbonyl (C=O) groups excluding carboxylic acids is 1. The molecule has 0 N–H and O–H groups in total. The van der Waals surface area contributed by atoms with E-state index in [2.05, 4.69) is 4.90 Å².